The molecular weight excluding hydrogens is 334 g/mol. The van der Waals surface area contributed by atoms with Crippen molar-refractivity contribution in [2.45, 2.75) is 13.5 Å². The molecule has 0 aliphatic heterocycles. The van der Waals surface area contributed by atoms with Crippen molar-refractivity contribution in [3.63, 3.8) is 0 Å². The molecule has 1 amide bonds. The van der Waals surface area contributed by atoms with E-state index >= 15 is 0 Å². The maximum atomic E-state index is 12.9. The van der Waals surface area contributed by atoms with Gasteiger partial charge in [0.05, 0.1) is 22.5 Å². The number of pyridine rings is 2. The van der Waals surface area contributed by atoms with Crippen molar-refractivity contribution in [3.8, 4) is 11.4 Å². The molecule has 0 spiro atoms. The fourth-order valence-corrected chi connectivity index (χ4v) is 3.11. The molecule has 0 atom stereocenters. The molecule has 132 valence electrons. The number of para-hydroxylation sites is 1. The minimum atomic E-state index is -0.118. The molecule has 0 saturated carbocycles. The van der Waals surface area contributed by atoms with E-state index in [1.54, 1.807) is 6.20 Å². The summed E-state index contributed by atoms with van der Waals surface area (Å²) in [5.74, 6) is -0.118. The van der Waals surface area contributed by atoms with Crippen LogP contribution in [0.3, 0.4) is 0 Å². The van der Waals surface area contributed by atoms with E-state index in [9.17, 15) is 4.79 Å². The number of nitrogens with zero attached hydrogens (tertiary/aromatic N) is 2. The van der Waals surface area contributed by atoms with Crippen molar-refractivity contribution in [1.82, 2.24) is 15.3 Å². The van der Waals surface area contributed by atoms with Gasteiger partial charge in [-0.15, -0.1) is 0 Å². The number of carbonyl (C=O) groups excluding carboxylic acids is 1. The molecule has 0 fully saturated rings. The van der Waals surface area contributed by atoms with Gasteiger partial charge in [-0.3, -0.25) is 9.78 Å². The number of carbonyl (C=O) groups is 1. The molecule has 1 N–H and O–H groups in total. The molecule has 2 aromatic heterocycles. The van der Waals surface area contributed by atoms with Crippen LogP contribution >= 0.6 is 0 Å². The number of nitrogens with one attached hydrogen (secondary N) is 1. The number of hydrogen-bond donors (Lipinski definition) is 1. The minimum Gasteiger partial charge on any atom is -0.348 e. The summed E-state index contributed by atoms with van der Waals surface area (Å²) in [5.41, 5.74) is 5.07. The first-order valence-electron chi connectivity index (χ1n) is 8.85. The number of rotatable bonds is 4. The standard InChI is InChI=1S/C23H19N3O/c1-16-7-6-8-17(13-16)15-25-23(27)19-14-22(21-11-4-5-12-24-21)26-20-10-3-2-9-18(19)20/h2-14H,15H2,1H3,(H,25,27). The Morgan fingerprint density at radius 2 is 1.78 bits per heavy atom. The fraction of sp³-hybridized carbons (Fsp3) is 0.0870. The summed E-state index contributed by atoms with van der Waals surface area (Å²) in [7, 11) is 0. The number of amides is 1. The Kier molecular flexibility index (Phi) is 4.62. The van der Waals surface area contributed by atoms with E-state index in [0.717, 1.165) is 22.2 Å². The largest absolute Gasteiger partial charge is 0.348 e. The molecule has 0 saturated heterocycles. The Morgan fingerprint density at radius 1 is 0.926 bits per heavy atom. The van der Waals surface area contributed by atoms with Crippen LogP contribution in [-0.4, -0.2) is 15.9 Å². The van der Waals surface area contributed by atoms with Gasteiger partial charge in [0.2, 0.25) is 0 Å². The second kappa shape index (κ2) is 7.38. The number of aryl methyl sites for hydroxylation is 1. The first-order valence-corrected chi connectivity index (χ1v) is 8.85. The molecule has 0 bridgehead atoms. The second-order valence-corrected chi connectivity index (χ2v) is 6.46. The number of aromatic nitrogens is 2. The highest BCUT2D eigenvalue weighted by Crippen LogP contribution is 2.23. The predicted molar refractivity (Wildman–Crippen MR) is 107 cm³/mol. The summed E-state index contributed by atoms with van der Waals surface area (Å²) in [6, 6.07) is 23.3. The molecule has 4 rings (SSSR count). The van der Waals surface area contributed by atoms with Crippen molar-refractivity contribution in [2.24, 2.45) is 0 Å². The Hall–Kier alpha value is -3.53. The zero-order valence-corrected chi connectivity index (χ0v) is 15.0. The molecule has 0 radical (unpaired) electrons. The zero-order chi connectivity index (χ0) is 18.6. The van der Waals surface area contributed by atoms with Crippen LogP contribution in [0, 0.1) is 6.92 Å². The zero-order valence-electron chi connectivity index (χ0n) is 15.0. The lowest BCUT2D eigenvalue weighted by molar-refractivity contribution is 0.0952. The normalized spacial score (nSPS) is 10.7. The maximum Gasteiger partial charge on any atom is 0.252 e. The van der Waals surface area contributed by atoms with Gasteiger partial charge >= 0.3 is 0 Å². The molecular formula is C23H19N3O. The average molecular weight is 353 g/mol. The third-order valence-electron chi connectivity index (χ3n) is 4.42. The van der Waals surface area contributed by atoms with Crippen molar-refractivity contribution in [1.29, 1.82) is 0 Å². The highest BCUT2D eigenvalue weighted by Gasteiger charge is 2.14. The first kappa shape index (κ1) is 16.9. The van der Waals surface area contributed by atoms with Crippen LogP contribution in [0.25, 0.3) is 22.3 Å². The van der Waals surface area contributed by atoms with Gasteiger partial charge in [0, 0.05) is 18.1 Å². The van der Waals surface area contributed by atoms with Crippen LogP contribution in [0.5, 0.6) is 0 Å². The summed E-state index contributed by atoms with van der Waals surface area (Å²) < 4.78 is 0. The van der Waals surface area contributed by atoms with Gasteiger partial charge in [-0.25, -0.2) is 4.98 Å². The van der Waals surface area contributed by atoms with Crippen LogP contribution in [-0.2, 0) is 6.54 Å². The van der Waals surface area contributed by atoms with Crippen molar-refractivity contribution < 1.29 is 4.79 Å². The summed E-state index contributed by atoms with van der Waals surface area (Å²) in [5, 5.41) is 3.86. The summed E-state index contributed by atoms with van der Waals surface area (Å²) in [6.45, 7) is 2.52. The average Bonchev–Trinajstić information content (AvgIpc) is 2.72. The summed E-state index contributed by atoms with van der Waals surface area (Å²) in [6.07, 6.45) is 1.73. The van der Waals surface area contributed by atoms with Gasteiger partial charge in [-0.1, -0.05) is 54.1 Å². The van der Waals surface area contributed by atoms with E-state index in [4.69, 9.17) is 0 Å². The van der Waals surface area contributed by atoms with Gasteiger partial charge in [-0.2, -0.15) is 0 Å². The molecule has 27 heavy (non-hydrogen) atoms. The molecule has 4 heteroatoms. The van der Waals surface area contributed by atoms with Crippen molar-refractivity contribution >= 4 is 16.8 Å². The van der Waals surface area contributed by atoms with Crippen LogP contribution in [0.2, 0.25) is 0 Å². The van der Waals surface area contributed by atoms with E-state index in [1.807, 2.05) is 73.7 Å². The summed E-state index contributed by atoms with van der Waals surface area (Å²) >= 11 is 0. The Labute approximate surface area is 157 Å². The first-order chi connectivity index (χ1) is 13.2. The third kappa shape index (κ3) is 3.70. The van der Waals surface area contributed by atoms with Gasteiger partial charge in [0.25, 0.3) is 5.91 Å². The molecule has 0 aliphatic rings. The maximum absolute atomic E-state index is 12.9. The number of benzene rings is 2. The Balaban J connectivity index is 1.70. The Bertz CT molecular complexity index is 1110. The lowest BCUT2D eigenvalue weighted by atomic mass is 10.1. The van der Waals surface area contributed by atoms with Crippen LogP contribution in [0.1, 0.15) is 21.5 Å². The second-order valence-electron chi connectivity index (χ2n) is 6.46. The van der Waals surface area contributed by atoms with Gasteiger partial charge in [0.15, 0.2) is 0 Å². The third-order valence-corrected chi connectivity index (χ3v) is 4.42. The highest BCUT2D eigenvalue weighted by molar-refractivity contribution is 6.07. The number of fused-ring (bicyclic) bond motifs is 1. The lowest BCUT2D eigenvalue weighted by Gasteiger charge is -2.11. The van der Waals surface area contributed by atoms with E-state index < -0.39 is 0 Å². The fourth-order valence-electron chi connectivity index (χ4n) is 3.11. The highest BCUT2D eigenvalue weighted by atomic mass is 16.1. The smallest absolute Gasteiger partial charge is 0.252 e. The Morgan fingerprint density at radius 3 is 2.59 bits per heavy atom. The van der Waals surface area contributed by atoms with Gasteiger partial charge in [0.1, 0.15) is 0 Å². The lowest BCUT2D eigenvalue weighted by Crippen LogP contribution is -2.23. The topological polar surface area (TPSA) is 54.9 Å². The van der Waals surface area contributed by atoms with E-state index in [0.29, 0.717) is 17.8 Å². The van der Waals surface area contributed by atoms with Crippen molar-refractivity contribution in [3.05, 3.63) is 95.7 Å². The summed E-state index contributed by atoms with van der Waals surface area (Å²) in [4.78, 5) is 22.0. The quantitative estimate of drug-likeness (QED) is 0.586. The van der Waals surface area contributed by atoms with E-state index in [1.165, 1.54) is 5.56 Å². The number of hydrogen-bond acceptors (Lipinski definition) is 3. The SMILES string of the molecule is Cc1cccc(CNC(=O)c2cc(-c3ccccn3)nc3ccccc23)c1. The molecule has 0 aliphatic carbocycles. The molecule has 2 aromatic carbocycles. The van der Waals surface area contributed by atoms with E-state index in [-0.39, 0.29) is 5.91 Å². The van der Waals surface area contributed by atoms with E-state index in [2.05, 4.69) is 21.4 Å². The minimum absolute atomic E-state index is 0.118. The van der Waals surface area contributed by atoms with Crippen LogP contribution in [0.4, 0.5) is 0 Å². The molecule has 4 aromatic rings. The van der Waals surface area contributed by atoms with Crippen molar-refractivity contribution in [2.75, 3.05) is 0 Å². The predicted octanol–water partition coefficient (Wildman–Crippen LogP) is 4.54. The van der Waals surface area contributed by atoms with Gasteiger partial charge < -0.3 is 5.32 Å². The monoisotopic (exact) mass is 353 g/mol. The molecule has 4 nitrogen and oxygen atoms in total. The van der Waals surface area contributed by atoms with Gasteiger partial charge in [-0.05, 0) is 36.8 Å². The van der Waals surface area contributed by atoms with Crippen LogP contribution < -0.4 is 5.32 Å². The molecule has 2 heterocycles. The molecule has 0 unspecified atom stereocenters. The van der Waals surface area contributed by atoms with Crippen LogP contribution in [0.15, 0.2) is 79.0 Å².